The van der Waals surface area contributed by atoms with Gasteiger partial charge in [-0.3, -0.25) is 4.79 Å². The van der Waals surface area contributed by atoms with Crippen molar-refractivity contribution in [3.8, 4) is 0 Å². The van der Waals surface area contributed by atoms with Crippen LogP contribution in [0.15, 0.2) is 16.8 Å². The van der Waals surface area contributed by atoms with Gasteiger partial charge in [0.15, 0.2) is 5.76 Å². The average molecular weight is 197 g/mol. The number of nitrogens with zero attached hydrogens (tertiary/aromatic N) is 1. The number of rotatable bonds is 4. The third-order valence-electron chi connectivity index (χ3n) is 1.95. The van der Waals surface area contributed by atoms with Crippen LogP contribution in [0.25, 0.3) is 0 Å². The molecule has 3 N–H and O–H groups in total. The summed E-state index contributed by atoms with van der Waals surface area (Å²) in [7, 11) is 0. The molecule has 0 saturated heterocycles. The third kappa shape index (κ3) is 2.85. The number of nitrogens with two attached hydrogens (primary N) is 1. The monoisotopic (exact) mass is 197 g/mol. The Bertz CT molecular complexity index is 282. The molecule has 1 aromatic heterocycles. The Hall–Kier alpha value is -1.36. The Kier molecular flexibility index (Phi) is 3.64. The highest BCUT2D eigenvalue weighted by atomic mass is 16.5. The topological polar surface area (TPSA) is 81.2 Å². The van der Waals surface area contributed by atoms with Crippen LogP contribution in [0, 0.1) is 5.92 Å². The fourth-order valence-corrected chi connectivity index (χ4v) is 0.928. The van der Waals surface area contributed by atoms with Crippen molar-refractivity contribution in [3.63, 3.8) is 0 Å². The summed E-state index contributed by atoms with van der Waals surface area (Å²) in [5.41, 5.74) is 5.64. The van der Waals surface area contributed by atoms with E-state index in [1.807, 2.05) is 13.8 Å². The molecule has 0 aliphatic rings. The van der Waals surface area contributed by atoms with E-state index in [1.54, 1.807) is 6.07 Å². The minimum absolute atomic E-state index is 0.129. The number of nitrogens with one attached hydrogen (secondary N) is 1. The summed E-state index contributed by atoms with van der Waals surface area (Å²) in [5, 5.41) is 6.19. The summed E-state index contributed by atoms with van der Waals surface area (Å²) in [4.78, 5) is 11.4. The molecule has 0 radical (unpaired) electrons. The predicted octanol–water partition coefficient (Wildman–Crippen LogP) is 0.274. The Morgan fingerprint density at radius 2 is 2.43 bits per heavy atom. The molecule has 1 amide bonds. The van der Waals surface area contributed by atoms with Gasteiger partial charge in [0, 0.05) is 6.07 Å². The van der Waals surface area contributed by atoms with E-state index in [4.69, 9.17) is 10.3 Å². The molecule has 0 saturated carbocycles. The molecule has 0 aliphatic heterocycles. The Balaban J connectivity index is 2.35. The normalized spacial score (nSPS) is 12.9. The van der Waals surface area contributed by atoms with Gasteiger partial charge in [-0.05, 0) is 5.92 Å². The zero-order valence-corrected chi connectivity index (χ0v) is 8.36. The molecule has 78 valence electrons. The summed E-state index contributed by atoms with van der Waals surface area (Å²) >= 11 is 0. The van der Waals surface area contributed by atoms with Crippen molar-refractivity contribution in [2.24, 2.45) is 11.7 Å². The van der Waals surface area contributed by atoms with Gasteiger partial charge in [0.05, 0.1) is 18.8 Å². The number of carbonyl (C=O) groups is 1. The SMILES string of the molecule is CC(C)[C@@H](N)C(=O)NCc1ccno1. The molecule has 0 bridgehead atoms. The maximum Gasteiger partial charge on any atom is 0.237 e. The van der Waals surface area contributed by atoms with Gasteiger partial charge in [-0.25, -0.2) is 0 Å². The van der Waals surface area contributed by atoms with Gasteiger partial charge in [-0.1, -0.05) is 19.0 Å². The van der Waals surface area contributed by atoms with Crippen molar-refractivity contribution in [2.45, 2.75) is 26.4 Å². The van der Waals surface area contributed by atoms with E-state index >= 15 is 0 Å². The van der Waals surface area contributed by atoms with E-state index < -0.39 is 6.04 Å². The number of hydrogen-bond acceptors (Lipinski definition) is 4. The van der Waals surface area contributed by atoms with Crippen LogP contribution >= 0.6 is 0 Å². The van der Waals surface area contributed by atoms with E-state index in [9.17, 15) is 4.79 Å². The lowest BCUT2D eigenvalue weighted by Crippen LogP contribution is -2.43. The van der Waals surface area contributed by atoms with Gasteiger partial charge in [-0.15, -0.1) is 0 Å². The van der Waals surface area contributed by atoms with Crippen LogP contribution in [0.2, 0.25) is 0 Å². The van der Waals surface area contributed by atoms with Gasteiger partial charge in [0.25, 0.3) is 0 Å². The summed E-state index contributed by atoms with van der Waals surface area (Å²) in [5.74, 6) is 0.579. The van der Waals surface area contributed by atoms with Crippen LogP contribution in [-0.2, 0) is 11.3 Å². The van der Waals surface area contributed by atoms with E-state index in [0.29, 0.717) is 12.3 Å². The molecule has 5 nitrogen and oxygen atoms in total. The maximum atomic E-state index is 11.4. The average Bonchev–Trinajstić information content (AvgIpc) is 2.65. The Morgan fingerprint density at radius 1 is 1.71 bits per heavy atom. The first kappa shape index (κ1) is 10.7. The fourth-order valence-electron chi connectivity index (χ4n) is 0.928. The summed E-state index contributed by atoms with van der Waals surface area (Å²) in [6, 6.07) is 1.22. The van der Waals surface area contributed by atoms with Gasteiger partial charge in [-0.2, -0.15) is 0 Å². The number of carbonyl (C=O) groups excluding carboxylic acids is 1. The molecule has 1 atom stereocenters. The molecule has 1 rings (SSSR count). The predicted molar refractivity (Wildman–Crippen MR) is 51.2 cm³/mol. The van der Waals surface area contributed by atoms with Crippen LogP contribution < -0.4 is 11.1 Å². The number of hydrogen-bond donors (Lipinski definition) is 2. The number of aromatic nitrogens is 1. The molecular formula is C9H15N3O2. The largest absolute Gasteiger partial charge is 0.360 e. The molecule has 14 heavy (non-hydrogen) atoms. The lowest BCUT2D eigenvalue weighted by molar-refractivity contribution is -0.123. The molecular weight excluding hydrogens is 182 g/mol. The van der Waals surface area contributed by atoms with Crippen LogP contribution in [0.5, 0.6) is 0 Å². The quantitative estimate of drug-likeness (QED) is 0.726. The van der Waals surface area contributed by atoms with Crippen LogP contribution in [-0.4, -0.2) is 17.1 Å². The second kappa shape index (κ2) is 4.76. The maximum absolute atomic E-state index is 11.4. The molecule has 0 aromatic carbocycles. The van der Waals surface area contributed by atoms with Gasteiger partial charge in [0.2, 0.25) is 5.91 Å². The molecule has 0 unspecified atom stereocenters. The zero-order valence-electron chi connectivity index (χ0n) is 8.36. The first-order valence-electron chi connectivity index (χ1n) is 4.54. The summed E-state index contributed by atoms with van der Waals surface area (Å²) < 4.78 is 4.82. The summed E-state index contributed by atoms with van der Waals surface area (Å²) in [6.45, 7) is 4.14. The standard InChI is InChI=1S/C9H15N3O2/c1-6(2)8(10)9(13)11-5-7-3-4-12-14-7/h3-4,6,8H,5,10H2,1-2H3,(H,11,13)/t8-/m1/s1. The highest BCUT2D eigenvalue weighted by Crippen LogP contribution is 1.99. The van der Waals surface area contributed by atoms with E-state index in [1.165, 1.54) is 6.20 Å². The molecule has 0 spiro atoms. The van der Waals surface area contributed by atoms with E-state index in [2.05, 4.69) is 10.5 Å². The molecule has 0 fully saturated rings. The van der Waals surface area contributed by atoms with Crippen LogP contribution in [0.4, 0.5) is 0 Å². The number of amides is 1. The van der Waals surface area contributed by atoms with E-state index in [0.717, 1.165) is 0 Å². The summed E-state index contributed by atoms with van der Waals surface area (Å²) in [6.07, 6.45) is 1.53. The van der Waals surface area contributed by atoms with Crippen LogP contribution in [0.3, 0.4) is 0 Å². The van der Waals surface area contributed by atoms with Crippen molar-refractivity contribution in [1.29, 1.82) is 0 Å². The first-order valence-corrected chi connectivity index (χ1v) is 4.54. The molecule has 1 aromatic rings. The van der Waals surface area contributed by atoms with Crippen molar-refractivity contribution < 1.29 is 9.32 Å². The van der Waals surface area contributed by atoms with Gasteiger partial charge in [0.1, 0.15) is 0 Å². The minimum atomic E-state index is -0.474. The Labute approximate surface area is 82.6 Å². The molecule has 5 heteroatoms. The van der Waals surface area contributed by atoms with Crippen molar-refractivity contribution in [2.75, 3.05) is 0 Å². The highest BCUT2D eigenvalue weighted by Gasteiger charge is 2.16. The van der Waals surface area contributed by atoms with Gasteiger partial charge < -0.3 is 15.6 Å². The van der Waals surface area contributed by atoms with E-state index in [-0.39, 0.29) is 11.8 Å². The Morgan fingerprint density at radius 3 is 2.93 bits per heavy atom. The third-order valence-corrected chi connectivity index (χ3v) is 1.95. The second-order valence-electron chi connectivity index (χ2n) is 3.47. The van der Waals surface area contributed by atoms with Crippen molar-refractivity contribution in [1.82, 2.24) is 10.5 Å². The second-order valence-corrected chi connectivity index (χ2v) is 3.47. The zero-order chi connectivity index (χ0) is 10.6. The minimum Gasteiger partial charge on any atom is -0.360 e. The highest BCUT2D eigenvalue weighted by molar-refractivity contribution is 5.81. The fraction of sp³-hybridized carbons (Fsp3) is 0.556. The molecule has 0 aliphatic carbocycles. The first-order chi connectivity index (χ1) is 6.61. The van der Waals surface area contributed by atoms with Crippen molar-refractivity contribution >= 4 is 5.91 Å². The lowest BCUT2D eigenvalue weighted by atomic mass is 10.1. The van der Waals surface area contributed by atoms with Crippen molar-refractivity contribution in [3.05, 3.63) is 18.0 Å². The van der Waals surface area contributed by atoms with Gasteiger partial charge >= 0.3 is 0 Å². The van der Waals surface area contributed by atoms with Crippen LogP contribution in [0.1, 0.15) is 19.6 Å². The smallest absolute Gasteiger partial charge is 0.237 e. The molecule has 1 heterocycles. The lowest BCUT2D eigenvalue weighted by Gasteiger charge is -2.14.